The summed E-state index contributed by atoms with van der Waals surface area (Å²) in [6.07, 6.45) is -3.50. The summed E-state index contributed by atoms with van der Waals surface area (Å²) < 4.78 is 37.2. The zero-order valence-corrected chi connectivity index (χ0v) is 15.4. The lowest BCUT2D eigenvalue weighted by molar-refractivity contribution is -0.0867. The summed E-state index contributed by atoms with van der Waals surface area (Å²) >= 11 is 0.918. The number of nitrogens with zero attached hydrogens (tertiary/aromatic N) is 3. The monoisotopic (exact) mass is 397 g/mol. The number of aromatic nitrogens is 1. The lowest BCUT2D eigenvalue weighted by Crippen LogP contribution is -2.49. The van der Waals surface area contributed by atoms with Gasteiger partial charge in [-0.2, -0.15) is 5.10 Å². The van der Waals surface area contributed by atoms with Crippen LogP contribution < -0.4 is 9.75 Å². The van der Waals surface area contributed by atoms with E-state index in [1.807, 2.05) is 0 Å². The number of anilines is 1. The number of carbonyl (C=O) groups excluding carboxylic acids is 1. The van der Waals surface area contributed by atoms with Crippen LogP contribution in [-0.2, 0) is 4.74 Å². The largest absolute Gasteiger partial charge is 0.497 e. The first-order chi connectivity index (χ1) is 12.9. The van der Waals surface area contributed by atoms with Crippen LogP contribution in [0.5, 0.6) is 5.75 Å². The van der Waals surface area contributed by atoms with E-state index in [0.29, 0.717) is 11.3 Å². The Labute approximate surface area is 157 Å². The van der Waals surface area contributed by atoms with Gasteiger partial charge in [0.1, 0.15) is 5.75 Å². The minimum Gasteiger partial charge on any atom is -0.497 e. The number of rotatable bonds is 6. The smallest absolute Gasteiger partial charge is 0.357 e. The fraction of sp³-hybridized carbons (Fsp3) is 0.353. The molecule has 1 unspecified atom stereocenters. The SMILES string of the molecule is CCOC(=O)c1csc(N2N=C(c3ccc(OC)cc3)CC2(O)C(F)F)n1. The predicted octanol–water partition coefficient (Wildman–Crippen LogP) is 2.90. The third-order valence-electron chi connectivity index (χ3n) is 3.95. The number of methoxy groups -OCH3 is 1. The summed E-state index contributed by atoms with van der Waals surface area (Å²) in [5, 5.41) is 16.8. The number of hydrogen-bond acceptors (Lipinski definition) is 8. The molecule has 2 aromatic rings. The zero-order valence-electron chi connectivity index (χ0n) is 14.6. The highest BCUT2D eigenvalue weighted by Crippen LogP contribution is 2.38. The molecule has 0 fully saturated rings. The van der Waals surface area contributed by atoms with Gasteiger partial charge in [-0.1, -0.05) is 0 Å². The van der Waals surface area contributed by atoms with Crippen molar-refractivity contribution in [2.45, 2.75) is 25.5 Å². The molecular formula is C17H17F2N3O4S. The Kier molecular flexibility index (Phi) is 5.38. The molecule has 0 spiro atoms. The fourth-order valence-corrected chi connectivity index (χ4v) is 3.36. The van der Waals surface area contributed by atoms with Crippen LogP contribution >= 0.6 is 11.3 Å². The minimum atomic E-state index is -3.10. The highest BCUT2D eigenvalue weighted by atomic mass is 32.1. The molecule has 1 aliphatic rings. The Hall–Kier alpha value is -2.59. The normalized spacial score (nSPS) is 19.3. The average molecular weight is 397 g/mol. The maximum absolute atomic E-state index is 13.7. The van der Waals surface area contributed by atoms with E-state index < -0.39 is 24.5 Å². The van der Waals surface area contributed by atoms with Crippen molar-refractivity contribution in [2.75, 3.05) is 18.7 Å². The van der Waals surface area contributed by atoms with Crippen molar-refractivity contribution >= 4 is 28.1 Å². The number of alkyl halides is 2. The van der Waals surface area contributed by atoms with Crippen LogP contribution in [0.4, 0.5) is 13.9 Å². The third-order valence-corrected chi connectivity index (χ3v) is 4.76. The number of carbonyl (C=O) groups is 1. The second-order valence-electron chi connectivity index (χ2n) is 5.68. The van der Waals surface area contributed by atoms with E-state index in [4.69, 9.17) is 9.47 Å². The second-order valence-corrected chi connectivity index (χ2v) is 6.52. The molecule has 1 aromatic carbocycles. The lowest BCUT2D eigenvalue weighted by atomic mass is 10.0. The Bertz CT molecular complexity index is 856. The van der Waals surface area contributed by atoms with E-state index in [1.54, 1.807) is 31.2 Å². The van der Waals surface area contributed by atoms with Crippen molar-refractivity contribution in [1.82, 2.24) is 4.98 Å². The van der Waals surface area contributed by atoms with Gasteiger partial charge in [0.2, 0.25) is 10.9 Å². The van der Waals surface area contributed by atoms with Gasteiger partial charge >= 0.3 is 5.97 Å². The molecule has 1 N–H and O–H groups in total. The fourth-order valence-electron chi connectivity index (χ4n) is 2.55. The van der Waals surface area contributed by atoms with E-state index in [1.165, 1.54) is 12.5 Å². The van der Waals surface area contributed by atoms with Crippen LogP contribution in [0, 0.1) is 0 Å². The number of thiazole rings is 1. The highest BCUT2D eigenvalue weighted by Gasteiger charge is 2.51. The quantitative estimate of drug-likeness (QED) is 0.755. The Balaban J connectivity index is 1.94. The maximum atomic E-state index is 13.7. The molecule has 1 atom stereocenters. The van der Waals surface area contributed by atoms with Crippen molar-refractivity contribution < 1.29 is 28.2 Å². The second kappa shape index (κ2) is 7.57. The van der Waals surface area contributed by atoms with Gasteiger partial charge in [-0.15, -0.1) is 11.3 Å². The molecule has 0 saturated carbocycles. The Morgan fingerprint density at radius 1 is 1.41 bits per heavy atom. The first-order valence-electron chi connectivity index (χ1n) is 8.04. The molecule has 1 aromatic heterocycles. The van der Waals surface area contributed by atoms with Crippen LogP contribution in [0.1, 0.15) is 29.4 Å². The van der Waals surface area contributed by atoms with E-state index >= 15 is 0 Å². The van der Waals surface area contributed by atoms with Crippen molar-refractivity contribution in [2.24, 2.45) is 5.10 Å². The molecule has 0 aliphatic carbocycles. The van der Waals surface area contributed by atoms with Crippen molar-refractivity contribution in [3.05, 3.63) is 40.9 Å². The molecule has 0 saturated heterocycles. The van der Waals surface area contributed by atoms with E-state index in [9.17, 15) is 18.7 Å². The van der Waals surface area contributed by atoms with Gasteiger partial charge < -0.3 is 14.6 Å². The van der Waals surface area contributed by atoms with Crippen LogP contribution in [0.3, 0.4) is 0 Å². The van der Waals surface area contributed by atoms with Gasteiger partial charge in [-0.05, 0) is 36.8 Å². The molecule has 2 heterocycles. The molecule has 1 aliphatic heterocycles. The van der Waals surface area contributed by atoms with E-state index in [-0.39, 0.29) is 23.1 Å². The van der Waals surface area contributed by atoms with Gasteiger partial charge in [0.15, 0.2) is 5.69 Å². The highest BCUT2D eigenvalue weighted by molar-refractivity contribution is 7.14. The lowest BCUT2D eigenvalue weighted by Gasteiger charge is -2.29. The summed E-state index contributed by atoms with van der Waals surface area (Å²) in [7, 11) is 1.52. The number of hydrazone groups is 1. The van der Waals surface area contributed by atoms with Gasteiger partial charge in [-0.3, -0.25) is 0 Å². The molecule has 10 heteroatoms. The third kappa shape index (κ3) is 3.62. The van der Waals surface area contributed by atoms with Crippen molar-refractivity contribution in [3.63, 3.8) is 0 Å². The number of esters is 1. The van der Waals surface area contributed by atoms with Gasteiger partial charge in [0.05, 0.1) is 19.4 Å². The Morgan fingerprint density at radius 3 is 2.70 bits per heavy atom. The minimum absolute atomic E-state index is 0.0237. The van der Waals surface area contributed by atoms with E-state index in [2.05, 4.69) is 10.1 Å². The van der Waals surface area contributed by atoms with E-state index in [0.717, 1.165) is 16.3 Å². The molecule has 0 bridgehead atoms. The van der Waals surface area contributed by atoms with Crippen molar-refractivity contribution in [3.8, 4) is 5.75 Å². The molecule has 3 rings (SSSR count). The molecule has 7 nitrogen and oxygen atoms in total. The molecule has 144 valence electrons. The Morgan fingerprint density at radius 2 is 2.11 bits per heavy atom. The first-order valence-corrected chi connectivity index (χ1v) is 8.92. The topological polar surface area (TPSA) is 84.2 Å². The maximum Gasteiger partial charge on any atom is 0.357 e. The van der Waals surface area contributed by atoms with Crippen LogP contribution in [-0.4, -0.2) is 47.6 Å². The van der Waals surface area contributed by atoms with Crippen molar-refractivity contribution in [1.29, 1.82) is 0 Å². The summed E-state index contributed by atoms with van der Waals surface area (Å²) in [5.41, 5.74) is -1.74. The number of hydrogen-bond donors (Lipinski definition) is 1. The molecular weight excluding hydrogens is 380 g/mol. The van der Waals surface area contributed by atoms with Gasteiger partial charge in [-0.25, -0.2) is 23.6 Å². The first kappa shape index (κ1) is 19.2. The predicted molar refractivity (Wildman–Crippen MR) is 95.7 cm³/mol. The molecule has 0 radical (unpaired) electrons. The van der Waals surface area contributed by atoms with Crippen LogP contribution in [0.25, 0.3) is 0 Å². The van der Waals surface area contributed by atoms with Gasteiger partial charge in [0.25, 0.3) is 6.43 Å². The summed E-state index contributed by atoms with van der Waals surface area (Å²) in [4.78, 5) is 15.8. The standard InChI is InChI=1S/C17H17F2N3O4S/c1-3-26-14(23)13-9-27-16(20-13)22-17(24,15(18)19)8-12(21-22)10-4-6-11(25-2)7-5-10/h4-7,9,15,24H,3,8H2,1-2H3. The summed E-state index contributed by atoms with van der Waals surface area (Å²) in [5.74, 6) is -0.0588. The number of ether oxygens (including phenoxy) is 2. The summed E-state index contributed by atoms with van der Waals surface area (Å²) in [6.45, 7) is 1.81. The number of halogens is 2. The number of benzene rings is 1. The number of aliphatic hydroxyl groups is 1. The molecule has 0 amide bonds. The average Bonchev–Trinajstić information content (AvgIpc) is 3.27. The summed E-state index contributed by atoms with van der Waals surface area (Å²) in [6, 6.07) is 6.67. The van der Waals surface area contributed by atoms with Crippen LogP contribution in [0.15, 0.2) is 34.7 Å². The van der Waals surface area contributed by atoms with Crippen LogP contribution in [0.2, 0.25) is 0 Å². The zero-order chi connectivity index (χ0) is 19.6. The molecule has 27 heavy (non-hydrogen) atoms. The van der Waals surface area contributed by atoms with Gasteiger partial charge in [0, 0.05) is 11.8 Å².